The van der Waals surface area contributed by atoms with Crippen LogP contribution < -0.4 is 4.90 Å². The molecule has 1 aliphatic carbocycles. The summed E-state index contributed by atoms with van der Waals surface area (Å²) >= 11 is 0. The lowest BCUT2D eigenvalue weighted by Crippen LogP contribution is -2.30. The number of hydrogen-bond acceptors (Lipinski definition) is 3. The third kappa shape index (κ3) is 1.53. The standard InChI is InChI=1S/C14H13NO3/c16-10-5-3-4-9(8-10)15-13(17)11-6-1-2-7-12(11)14(15)18/h1-5,8,11-12,16H,6-7H2/t11-,12+. The highest BCUT2D eigenvalue weighted by atomic mass is 16.3. The first kappa shape index (κ1) is 11.0. The zero-order chi connectivity index (χ0) is 12.7. The van der Waals surface area contributed by atoms with Crippen LogP contribution in [0.25, 0.3) is 0 Å². The molecule has 2 atom stereocenters. The smallest absolute Gasteiger partial charge is 0.238 e. The maximum atomic E-state index is 12.3. The van der Waals surface area contributed by atoms with Crippen LogP contribution in [0.4, 0.5) is 5.69 Å². The molecule has 4 nitrogen and oxygen atoms in total. The number of allylic oxidation sites excluding steroid dienone is 2. The predicted octanol–water partition coefficient (Wildman–Crippen LogP) is 1.85. The summed E-state index contributed by atoms with van der Waals surface area (Å²) < 4.78 is 0. The summed E-state index contributed by atoms with van der Waals surface area (Å²) in [5.41, 5.74) is 0.458. The summed E-state index contributed by atoms with van der Waals surface area (Å²) in [6, 6.07) is 6.26. The molecule has 1 aliphatic heterocycles. The first-order valence-electron chi connectivity index (χ1n) is 6.00. The van der Waals surface area contributed by atoms with Crippen LogP contribution in [-0.2, 0) is 9.59 Å². The number of imide groups is 1. The second-order valence-corrected chi connectivity index (χ2v) is 4.69. The van der Waals surface area contributed by atoms with E-state index in [0.29, 0.717) is 18.5 Å². The molecule has 0 aromatic heterocycles. The van der Waals surface area contributed by atoms with E-state index in [1.165, 1.54) is 17.0 Å². The minimum atomic E-state index is -0.232. The Balaban J connectivity index is 1.99. The SMILES string of the molecule is O=C1[C@H]2CC=CC[C@H]2C(=O)N1c1cccc(O)c1. The molecule has 0 unspecified atom stereocenters. The van der Waals surface area contributed by atoms with Crippen LogP contribution in [0.15, 0.2) is 36.4 Å². The van der Waals surface area contributed by atoms with E-state index in [1.807, 2.05) is 12.2 Å². The van der Waals surface area contributed by atoms with E-state index < -0.39 is 0 Å². The van der Waals surface area contributed by atoms with E-state index in [9.17, 15) is 14.7 Å². The summed E-state index contributed by atoms with van der Waals surface area (Å²) in [4.78, 5) is 25.7. The first-order chi connectivity index (χ1) is 8.68. The van der Waals surface area contributed by atoms with Gasteiger partial charge in [0, 0.05) is 6.07 Å². The number of amides is 2. The van der Waals surface area contributed by atoms with Gasteiger partial charge >= 0.3 is 0 Å². The van der Waals surface area contributed by atoms with E-state index in [4.69, 9.17) is 0 Å². The molecule has 2 amide bonds. The normalized spacial score (nSPS) is 26.6. The zero-order valence-corrected chi connectivity index (χ0v) is 9.74. The Hall–Kier alpha value is -2.10. The Morgan fingerprint density at radius 3 is 2.22 bits per heavy atom. The minimum Gasteiger partial charge on any atom is -0.508 e. The number of fused-ring (bicyclic) bond motifs is 1. The molecule has 0 spiro atoms. The Morgan fingerprint density at radius 2 is 1.67 bits per heavy atom. The number of carbonyl (C=O) groups excluding carboxylic acids is 2. The number of phenolic OH excluding ortho intramolecular Hbond substituents is 1. The van der Waals surface area contributed by atoms with Crippen LogP contribution in [0.3, 0.4) is 0 Å². The van der Waals surface area contributed by atoms with Gasteiger partial charge in [0.1, 0.15) is 5.75 Å². The molecule has 1 heterocycles. The highest BCUT2D eigenvalue weighted by Crippen LogP contribution is 2.38. The molecule has 1 fully saturated rings. The van der Waals surface area contributed by atoms with Gasteiger partial charge in [0.25, 0.3) is 0 Å². The van der Waals surface area contributed by atoms with Crippen molar-refractivity contribution in [1.82, 2.24) is 0 Å². The molecule has 1 saturated heterocycles. The fraction of sp³-hybridized carbons (Fsp3) is 0.286. The van der Waals surface area contributed by atoms with Crippen LogP contribution in [0.2, 0.25) is 0 Å². The molecule has 0 radical (unpaired) electrons. The zero-order valence-electron chi connectivity index (χ0n) is 9.74. The second-order valence-electron chi connectivity index (χ2n) is 4.69. The average Bonchev–Trinajstić information content (AvgIpc) is 2.63. The average molecular weight is 243 g/mol. The Morgan fingerprint density at radius 1 is 1.06 bits per heavy atom. The molecule has 4 heteroatoms. The van der Waals surface area contributed by atoms with E-state index >= 15 is 0 Å². The molecule has 1 N–H and O–H groups in total. The molecule has 92 valence electrons. The summed E-state index contributed by atoms with van der Waals surface area (Å²) in [5.74, 6) is -0.712. The first-order valence-corrected chi connectivity index (χ1v) is 6.00. The van der Waals surface area contributed by atoms with Gasteiger partial charge in [-0.25, -0.2) is 4.90 Å². The van der Waals surface area contributed by atoms with Gasteiger partial charge in [-0.3, -0.25) is 9.59 Å². The Labute approximate surface area is 105 Å². The van der Waals surface area contributed by atoms with Gasteiger partial charge in [0.2, 0.25) is 11.8 Å². The lowest BCUT2D eigenvalue weighted by atomic mass is 9.85. The van der Waals surface area contributed by atoms with Gasteiger partial charge in [0.05, 0.1) is 17.5 Å². The van der Waals surface area contributed by atoms with Crippen LogP contribution in [0.1, 0.15) is 12.8 Å². The fourth-order valence-corrected chi connectivity index (χ4v) is 2.69. The maximum absolute atomic E-state index is 12.3. The maximum Gasteiger partial charge on any atom is 0.238 e. The molecule has 1 aromatic carbocycles. The molecule has 2 aliphatic rings. The number of benzene rings is 1. The molecular formula is C14H13NO3. The van der Waals surface area contributed by atoms with Crippen molar-refractivity contribution in [3.63, 3.8) is 0 Å². The van der Waals surface area contributed by atoms with E-state index in [-0.39, 0.29) is 29.4 Å². The quantitative estimate of drug-likeness (QED) is 0.605. The molecule has 0 bridgehead atoms. The highest BCUT2D eigenvalue weighted by molar-refractivity contribution is 6.22. The van der Waals surface area contributed by atoms with E-state index in [0.717, 1.165) is 0 Å². The largest absolute Gasteiger partial charge is 0.508 e. The van der Waals surface area contributed by atoms with Crippen LogP contribution in [-0.4, -0.2) is 16.9 Å². The summed E-state index contributed by atoms with van der Waals surface area (Å²) in [6.07, 6.45) is 5.17. The van der Waals surface area contributed by atoms with Crippen molar-refractivity contribution in [2.75, 3.05) is 4.90 Å². The topological polar surface area (TPSA) is 57.6 Å². The Kier molecular flexibility index (Phi) is 2.44. The number of carbonyl (C=O) groups is 2. The predicted molar refractivity (Wildman–Crippen MR) is 66.0 cm³/mol. The fourth-order valence-electron chi connectivity index (χ4n) is 2.69. The minimum absolute atomic E-state index is 0.0566. The molecular weight excluding hydrogens is 230 g/mol. The third-order valence-corrected chi connectivity index (χ3v) is 3.60. The third-order valence-electron chi connectivity index (χ3n) is 3.60. The van der Waals surface area contributed by atoms with Crippen LogP contribution in [0, 0.1) is 11.8 Å². The number of phenols is 1. The monoisotopic (exact) mass is 243 g/mol. The molecule has 0 saturated carbocycles. The van der Waals surface area contributed by atoms with Crippen LogP contribution >= 0.6 is 0 Å². The van der Waals surface area contributed by atoms with Gasteiger partial charge in [-0.15, -0.1) is 0 Å². The lowest BCUT2D eigenvalue weighted by molar-refractivity contribution is -0.122. The van der Waals surface area contributed by atoms with Crippen molar-refractivity contribution in [2.24, 2.45) is 11.8 Å². The molecule has 18 heavy (non-hydrogen) atoms. The van der Waals surface area contributed by atoms with Gasteiger partial charge in [-0.1, -0.05) is 18.2 Å². The lowest BCUT2D eigenvalue weighted by Gasteiger charge is -2.14. The van der Waals surface area contributed by atoms with Crippen molar-refractivity contribution >= 4 is 17.5 Å². The van der Waals surface area contributed by atoms with Crippen molar-refractivity contribution in [3.8, 4) is 5.75 Å². The van der Waals surface area contributed by atoms with Gasteiger partial charge in [0.15, 0.2) is 0 Å². The number of aromatic hydroxyl groups is 1. The number of hydrogen-bond donors (Lipinski definition) is 1. The van der Waals surface area contributed by atoms with Crippen LogP contribution in [0.5, 0.6) is 5.75 Å². The molecule has 3 rings (SSSR count). The number of nitrogens with zero attached hydrogens (tertiary/aromatic N) is 1. The number of rotatable bonds is 1. The van der Waals surface area contributed by atoms with Crippen molar-refractivity contribution < 1.29 is 14.7 Å². The second kappa shape index (κ2) is 3.98. The van der Waals surface area contributed by atoms with Crippen molar-refractivity contribution in [3.05, 3.63) is 36.4 Å². The van der Waals surface area contributed by atoms with E-state index in [1.54, 1.807) is 12.1 Å². The van der Waals surface area contributed by atoms with E-state index in [2.05, 4.69) is 0 Å². The number of anilines is 1. The summed E-state index contributed by atoms with van der Waals surface area (Å²) in [6.45, 7) is 0. The van der Waals surface area contributed by atoms with Crippen molar-refractivity contribution in [1.29, 1.82) is 0 Å². The summed E-state index contributed by atoms with van der Waals surface area (Å²) in [5, 5.41) is 9.44. The highest BCUT2D eigenvalue weighted by Gasteiger charge is 2.47. The van der Waals surface area contributed by atoms with Crippen molar-refractivity contribution in [2.45, 2.75) is 12.8 Å². The molecule has 1 aromatic rings. The van der Waals surface area contributed by atoms with Gasteiger partial charge in [-0.2, -0.15) is 0 Å². The summed E-state index contributed by atoms with van der Waals surface area (Å²) in [7, 11) is 0. The van der Waals surface area contributed by atoms with Gasteiger partial charge in [-0.05, 0) is 25.0 Å². The van der Waals surface area contributed by atoms with Gasteiger partial charge < -0.3 is 5.11 Å². The Bertz CT molecular complexity index is 524.